The Labute approximate surface area is 81.0 Å². The zero-order valence-corrected chi connectivity index (χ0v) is 8.71. The van der Waals surface area contributed by atoms with E-state index in [0.717, 1.165) is 25.7 Å². The van der Waals surface area contributed by atoms with Crippen LogP contribution in [0.2, 0.25) is 0 Å². The van der Waals surface area contributed by atoms with Gasteiger partial charge >= 0.3 is 5.97 Å². The highest BCUT2D eigenvalue weighted by molar-refractivity contribution is 5.69. The minimum atomic E-state index is -0.0575. The van der Waals surface area contributed by atoms with E-state index in [2.05, 4.69) is 13.0 Å². The average Bonchev–Trinajstić information content (AvgIpc) is 2.13. The maximum Gasteiger partial charge on any atom is 0.305 e. The van der Waals surface area contributed by atoms with Crippen molar-refractivity contribution in [1.29, 1.82) is 0 Å². The molecular formula is C11H20O2. The first-order valence-corrected chi connectivity index (χ1v) is 5.08. The van der Waals surface area contributed by atoms with E-state index >= 15 is 0 Å². The van der Waals surface area contributed by atoms with Crippen LogP contribution in [-0.4, -0.2) is 12.6 Å². The van der Waals surface area contributed by atoms with Crippen LogP contribution in [0.1, 0.15) is 46.0 Å². The van der Waals surface area contributed by atoms with Crippen molar-refractivity contribution >= 4 is 5.97 Å². The topological polar surface area (TPSA) is 26.3 Å². The number of hydrogen-bond acceptors (Lipinski definition) is 2. The zero-order valence-electron chi connectivity index (χ0n) is 8.71. The zero-order chi connectivity index (χ0) is 9.94. The Balaban J connectivity index is 3.20. The summed E-state index contributed by atoms with van der Waals surface area (Å²) in [7, 11) is 0. The van der Waals surface area contributed by atoms with Gasteiger partial charge in [-0.15, -0.1) is 0 Å². The van der Waals surface area contributed by atoms with Crippen LogP contribution in [0.5, 0.6) is 0 Å². The molecule has 0 rings (SSSR count). The molecule has 0 unspecified atom stereocenters. The monoisotopic (exact) mass is 184 g/mol. The number of allylic oxidation sites excluding steroid dienone is 2. The first-order chi connectivity index (χ1) is 6.31. The molecule has 0 heterocycles. The Morgan fingerprint density at radius 1 is 1.38 bits per heavy atom. The van der Waals surface area contributed by atoms with Gasteiger partial charge in [-0.25, -0.2) is 0 Å². The van der Waals surface area contributed by atoms with Crippen molar-refractivity contribution in [3.8, 4) is 0 Å². The quantitative estimate of drug-likeness (QED) is 0.345. The van der Waals surface area contributed by atoms with Crippen LogP contribution in [0.25, 0.3) is 0 Å². The number of unbranched alkanes of at least 4 members (excludes halogenated alkanes) is 2. The summed E-state index contributed by atoms with van der Waals surface area (Å²) in [4.78, 5) is 11.0. The summed E-state index contributed by atoms with van der Waals surface area (Å²) in [5, 5.41) is 0. The molecule has 0 bridgehead atoms. The molecule has 0 aliphatic heterocycles. The molecule has 0 fully saturated rings. The molecule has 0 saturated carbocycles. The first kappa shape index (κ1) is 12.2. The molecule has 0 aromatic rings. The third-order valence-corrected chi connectivity index (χ3v) is 1.75. The second-order valence-electron chi connectivity index (χ2n) is 3.04. The summed E-state index contributed by atoms with van der Waals surface area (Å²) in [5.74, 6) is -0.0575. The fraction of sp³-hybridized carbons (Fsp3) is 0.727. The van der Waals surface area contributed by atoms with Gasteiger partial charge in [0.2, 0.25) is 0 Å². The van der Waals surface area contributed by atoms with Gasteiger partial charge in [0.25, 0.3) is 0 Å². The summed E-state index contributed by atoms with van der Waals surface area (Å²) >= 11 is 0. The molecule has 2 nitrogen and oxygen atoms in total. The highest BCUT2D eigenvalue weighted by Crippen LogP contribution is 1.99. The van der Waals surface area contributed by atoms with E-state index in [9.17, 15) is 4.79 Å². The van der Waals surface area contributed by atoms with E-state index in [4.69, 9.17) is 4.74 Å². The van der Waals surface area contributed by atoms with Crippen molar-refractivity contribution in [3.05, 3.63) is 12.2 Å². The van der Waals surface area contributed by atoms with Crippen LogP contribution in [0, 0.1) is 0 Å². The number of carbonyl (C=O) groups excluding carboxylic acids is 1. The number of rotatable bonds is 7. The molecule has 0 aromatic carbocycles. The van der Waals surface area contributed by atoms with E-state index in [1.807, 2.05) is 13.0 Å². The van der Waals surface area contributed by atoms with Gasteiger partial charge in [-0.3, -0.25) is 4.79 Å². The van der Waals surface area contributed by atoms with Gasteiger partial charge in [-0.1, -0.05) is 25.5 Å². The highest BCUT2D eigenvalue weighted by Gasteiger charge is 2.00. The summed E-state index contributed by atoms with van der Waals surface area (Å²) in [6.07, 6.45) is 8.54. The van der Waals surface area contributed by atoms with Crippen molar-refractivity contribution < 1.29 is 9.53 Å². The smallest absolute Gasteiger partial charge is 0.305 e. The predicted molar refractivity (Wildman–Crippen MR) is 54.5 cm³/mol. The SMILES string of the molecule is C/C=C/CCCC(=O)OCCCC. The van der Waals surface area contributed by atoms with Crippen LogP contribution in [-0.2, 0) is 9.53 Å². The van der Waals surface area contributed by atoms with Gasteiger partial charge in [0.1, 0.15) is 0 Å². The fourth-order valence-corrected chi connectivity index (χ4v) is 0.933. The Morgan fingerprint density at radius 2 is 2.15 bits per heavy atom. The maximum atomic E-state index is 11.0. The van der Waals surface area contributed by atoms with Gasteiger partial charge in [-0.2, -0.15) is 0 Å². The molecule has 0 saturated heterocycles. The van der Waals surface area contributed by atoms with Crippen LogP contribution >= 0.6 is 0 Å². The van der Waals surface area contributed by atoms with Gasteiger partial charge in [-0.05, 0) is 26.2 Å². The molecular weight excluding hydrogens is 164 g/mol. The summed E-state index contributed by atoms with van der Waals surface area (Å²) in [5.41, 5.74) is 0. The molecule has 76 valence electrons. The highest BCUT2D eigenvalue weighted by atomic mass is 16.5. The van der Waals surface area contributed by atoms with Crippen molar-refractivity contribution in [3.63, 3.8) is 0 Å². The Kier molecular flexibility index (Phi) is 8.73. The summed E-state index contributed by atoms with van der Waals surface area (Å²) < 4.78 is 5.00. The third-order valence-electron chi connectivity index (χ3n) is 1.75. The second-order valence-corrected chi connectivity index (χ2v) is 3.04. The second kappa shape index (κ2) is 9.30. The van der Waals surface area contributed by atoms with Crippen molar-refractivity contribution in [2.75, 3.05) is 6.61 Å². The lowest BCUT2D eigenvalue weighted by atomic mass is 10.2. The molecule has 0 aliphatic rings. The molecule has 0 radical (unpaired) electrons. The van der Waals surface area contributed by atoms with E-state index in [1.165, 1.54) is 0 Å². The number of ether oxygens (including phenoxy) is 1. The van der Waals surface area contributed by atoms with Crippen LogP contribution in [0.3, 0.4) is 0 Å². The number of esters is 1. The molecule has 0 amide bonds. The minimum absolute atomic E-state index is 0.0575. The fourth-order valence-electron chi connectivity index (χ4n) is 0.933. The molecule has 0 aliphatic carbocycles. The summed E-state index contributed by atoms with van der Waals surface area (Å²) in [6.45, 7) is 4.65. The van der Waals surface area contributed by atoms with Gasteiger partial charge in [0.05, 0.1) is 6.61 Å². The minimum Gasteiger partial charge on any atom is -0.466 e. The standard InChI is InChI=1S/C11H20O2/c1-3-5-7-8-9-11(12)13-10-6-4-2/h3,5H,4,6-10H2,1-2H3/b5-3+. The molecule has 0 aromatic heterocycles. The molecule has 0 spiro atoms. The van der Waals surface area contributed by atoms with Crippen LogP contribution in [0.15, 0.2) is 12.2 Å². The first-order valence-electron chi connectivity index (χ1n) is 5.08. The lowest BCUT2D eigenvalue weighted by Gasteiger charge is -2.02. The van der Waals surface area contributed by atoms with E-state index < -0.39 is 0 Å². The summed E-state index contributed by atoms with van der Waals surface area (Å²) in [6, 6.07) is 0. The lowest BCUT2D eigenvalue weighted by Crippen LogP contribution is -2.04. The Bertz CT molecular complexity index is 150. The van der Waals surface area contributed by atoms with E-state index in [1.54, 1.807) is 0 Å². The normalized spacial score (nSPS) is 10.6. The van der Waals surface area contributed by atoms with Gasteiger partial charge in [0.15, 0.2) is 0 Å². The predicted octanol–water partition coefficient (Wildman–Crippen LogP) is 3.08. The molecule has 0 N–H and O–H groups in total. The van der Waals surface area contributed by atoms with E-state index in [0.29, 0.717) is 13.0 Å². The average molecular weight is 184 g/mol. The number of hydrogen-bond donors (Lipinski definition) is 0. The molecule has 0 atom stereocenters. The number of carbonyl (C=O) groups is 1. The van der Waals surface area contributed by atoms with Crippen molar-refractivity contribution in [2.45, 2.75) is 46.0 Å². The van der Waals surface area contributed by atoms with Gasteiger partial charge in [0, 0.05) is 6.42 Å². The molecule has 2 heteroatoms. The Hall–Kier alpha value is -0.790. The third kappa shape index (κ3) is 9.12. The van der Waals surface area contributed by atoms with Crippen molar-refractivity contribution in [1.82, 2.24) is 0 Å². The van der Waals surface area contributed by atoms with Gasteiger partial charge < -0.3 is 4.74 Å². The largest absolute Gasteiger partial charge is 0.466 e. The van der Waals surface area contributed by atoms with Crippen LogP contribution in [0.4, 0.5) is 0 Å². The van der Waals surface area contributed by atoms with E-state index in [-0.39, 0.29) is 5.97 Å². The van der Waals surface area contributed by atoms with Crippen LogP contribution < -0.4 is 0 Å². The lowest BCUT2D eigenvalue weighted by molar-refractivity contribution is -0.143. The maximum absolute atomic E-state index is 11.0. The molecule has 13 heavy (non-hydrogen) atoms. The Morgan fingerprint density at radius 3 is 2.77 bits per heavy atom. The van der Waals surface area contributed by atoms with Crippen molar-refractivity contribution in [2.24, 2.45) is 0 Å².